The van der Waals surface area contributed by atoms with Crippen molar-refractivity contribution < 1.29 is 9.90 Å². The number of carbonyl (C=O) groups is 1. The summed E-state index contributed by atoms with van der Waals surface area (Å²) in [5.41, 5.74) is 0.497. The minimum atomic E-state index is -1.07. The highest BCUT2D eigenvalue weighted by molar-refractivity contribution is 5.82. The second kappa shape index (κ2) is 5.88. The third-order valence-corrected chi connectivity index (χ3v) is 3.37. The van der Waals surface area contributed by atoms with Crippen molar-refractivity contribution in [3.05, 3.63) is 18.3 Å². The lowest BCUT2D eigenvalue weighted by molar-refractivity contribution is 0.209. The van der Waals surface area contributed by atoms with Gasteiger partial charge in [0.2, 0.25) is 0 Å². The standard InChI is InChI=1S/C13H20N4O2/c1-10(2)16-5-7-17(8-6-16)12-4-3-11(9-14-12)15-13(18)19/h3-4,9-10,15H,5-8H2,1-2H3,(H,18,19). The molecule has 0 atom stereocenters. The molecule has 104 valence electrons. The number of amides is 1. The van der Waals surface area contributed by atoms with Crippen LogP contribution in [0.25, 0.3) is 0 Å². The Bertz CT molecular complexity index is 425. The molecule has 2 rings (SSSR count). The maximum Gasteiger partial charge on any atom is 0.409 e. The van der Waals surface area contributed by atoms with Crippen LogP contribution >= 0.6 is 0 Å². The van der Waals surface area contributed by atoms with E-state index >= 15 is 0 Å². The van der Waals surface area contributed by atoms with Crippen LogP contribution < -0.4 is 10.2 Å². The van der Waals surface area contributed by atoms with Crippen molar-refractivity contribution in [2.45, 2.75) is 19.9 Å². The number of anilines is 2. The summed E-state index contributed by atoms with van der Waals surface area (Å²) in [5, 5.41) is 10.9. The van der Waals surface area contributed by atoms with Gasteiger partial charge in [0.15, 0.2) is 0 Å². The molecule has 0 aromatic carbocycles. The molecule has 2 N–H and O–H groups in total. The highest BCUT2D eigenvalue weighted by Gasteiger charge is 2.19. The van der Waals surface area contributed by atoms with Crippen LogP contribution in [0.2, 0.25) is 0 Å². The molecule has 19 heavy (non-hydrogen) atoms. The van der Waals surface area contributed by atoms with Crippen molar-refractivity contribution >= 4 is 17.6 Å². The van der Waals surface area contributed by atoms with E-state index in [4.69, 9.17) is 5.11 Å². The molecule has 1 aromatic rings. The van der Waals surface area contributed by atoms with Crippen molar-refractivity contribution in [1.29, 1.82) is 0 Å². The molecule has 1 amide bonds. The third kappa shape index (κ3) is 3.57. The third-order valence-electron chi connectivity index (χ3n) is 3.37. The lowest BCUT2D eigenvalue weighted by Crippen LogP contribution is -2.49. The molecule has 0 saturated carbocycles. The predicted molar refractivity (Wildman–Crippen MR) is 74.8 cm³/mol. The van der Waals surface area contributed by atoms with Crippen LogP contribution in [0.15, 0.2) is 18.3 Å². The van der Waals surface area contributed by atoms with E-state index in [9.17, 15) is 4.79 Å². The van der Waals surface area contributed by atoms with E-state index in [1.54, 1.807) is 12.3 Å². The molecular weight excluding hydrogens is 244 g/mol. The van der Waals surface area contributed by atoms with Crippen molar-refractivity contribution in [2.75, 3.05) is 36.4 Å². The molecule has 0 aliphatic carbocycles. The van der Waals surface area contributed by atoms with E-state index < -0.39 is 6.09 Å². The summed E-state index contributed by atoms with van der Waals surface area (Å²) < 4.78 is 0. The van der Waals surface area contributed by atoms with Gasteiger partial charge in [-0.1, -0.05) is 0 Å². The number of nitrogens with one attached hydrogen (secondary N) is 1. The summed E-state index contributed by atoms with van der Waals surface area (Å²) >= 11 is 0. The molecule has 1 aromatic heterocycles. The van der Waals surface area contributed by atoms with Gasteiger partial charge in [0, 0.05) is 32.2 Å². The number of rotatable bonds is 3. The van der Waals surface area contributed by atoms with Crippen molar-refractivity contribution in [2.24, 2.45) is 0 Å². The first-order chi connectivity index (χ1) is 9.06. The fraction of sp³-hybridized carbons (Fsp3) is 0.538. The Morgan fingerprint density at radius 2 is 2.00 bits per heavy atom. The zero-order valence-electron chi connectivity index (χ0n) is 11.3. The molecule has 6 nitrogen and oxygen atoms in total. The highest BCUT2D eigenvalue weighted by atomic mass is 16.4. The second-order valence-corrected chi connectivity index (χ2v) is 4.95. The molecule has 0 unspecified atom stereocenters. The summed E-state index contributed by atoms with van der Waals surface area (Å²) in [6.45, 7) is 8.40. The van der Waals surface area contributed by atoms with Crippen LogP contribution in [0.5, 0.6) is 0 Å². The lowest BCUT2D eigenvalue weighted by Gasteiger charge is -2.37. The molecular formula is C13H20N4O2. The van der Waals surface area contributed by atoms with Crippen molar-refractivity contribution in [1.82, 2.24) is 9.88 Å². The van der Waals surface area contributed by atoms with Gasteiger partial charge in [0.1, 0.15) is 5.82 Å². The highest BCUT2D eigenvalue weighted by Crippen LogP contribution is 2.16. The molecule has 6 heteroatoms. The van der Waals surface area contributed by atoms with E-state index in [0.29, 0.717) is 11.7 Å². The van der Waals surface area contributed by atoms with E-state index in [1.807, 2.05) is 6.07 Å². The molecule has 2 heterocycles. The van der Waals surface area contributed by atoms with E-state index in [-0.39, 0.29) is 0 Å². The number of aromatic nitrogens is 1. The van der Waals surface area contributed by atoms with Crippen molar-refractivity contribution in [3.63, 3.8) is 0 Å². The van der Waals surface area contributed by atoms with Gasteiger partial charge in [0.05, 0.1) is 11.9 Å². The second-order valence-electron chi connectivity index (χ2n) is 4.95. The molecule has 1 saturated heterocycles. The predicted octanol–water partition coefficient (Wildman–Crippen LogP) is 1.70. The van der Waals surface area contributed by atoms with Gasteiger partial charge in [-0.25, -0.2) is 9.78 Å². The van der Waals surface area contributed by atoms with Gasteiger partial charge in [-0.15, -0.1) is 0 Å². The Balaban J connectivity index is 1.94. The topological polar surface area (TPSA) is 68.7 Å². The zero-order chi connectivity index (χ0) is 13.8. The monoisotopic (exact) mass is 264 g/mol. The Labute approximate surface area is 113 Å². The first-order valence-corrected chi connectivity index (χ1v) is 6.51. The lowest BCUT2D eigenvalue weighted by atomic mass is 10.2. The molecule has 1 fully saturated rings. The summed E-state index contributed by atoms with van der Waals surface area (Å²) in [4.78, 5) is 19.5. The Morgan fingerprint density at radius 3 is 2.47 bits per heavy atom. The number of hydrogen-bond donors (Lipinski definition) is 2. The van der Waals surface area contributed by atoms with E-state index in [2.05, 4.69) is 33.9 Å². The van der Waals surface area contributed by atoms with E-state index in [0.717, 1.165) is 32.0 Å². The fourth-order valence-corrected chi connectivity index (χ4v) is 2.24. The SMILES string of the molecule is CC(C)N1CCN(c2ccc(NC(=O)O)cn2)CC1. The quantitative estimate of drug-likeness (QED) is 0.869. The van der Waals surface area contributed by atoms with Gasteiger partial charge >= 0.3 is 6.09 Å². The molecule has 0 radical (unpaired) electrons. The molecule has 0 spiro atoms. The summed E-state index contributed by atoms with van der Waals surface area (Å²) in [6.07, 6.45) is 0.484. The molecule has 0 bridgehead atoms. The normalized spacial score (nSPS) is 16.7. The average Bonchev–Trinajstić information content (AvgIpc) is 2.39. The van der Waals surface area contributed by atoms with Gasteiger partial charge < -0.3 is 10.0 Å². The van der Waals surface area contributed by atoms with Crippen LogP contribution in [0, 0.1) is 0 Å². The first-order valence-electron chi connectivity index (χ1n) is 6.51. The van der Waals surface area contributed by atoms with Gasteiger partial charge in [-0.05, 0) is 26.0 Å². The van der Waals surface area contributed by atoms with Gasteiger partial charge in [-0.3, -0.25) is 10.2 Å². The van der Waals surface area contributed by atoms with Gasteiger partial charge in [0.25, 0.3) is 0 Å². The van der Waals surface area contributed by atoms with Crippen molar-refractivity contribution in [3.8, 4) is 0 Å². The summed E-state index contributed by atoms with van der Waals surface area (Å²) in [5.74, 6) is 0.902. The number of piperazine rings is 1. The zero-order valence-corrected chi connectivity index (χ0v) is 11.3. The van der Waals surface area contributed by atoms with Crippen LogP contribution in [0.3, 0.4) is 0 Å². The minimum absolute atomic E-state index is 0.497. The van der Waals surface area contributed by atoms with Crippen LogP contribution in [-0.4, -0.2) is 53.3 Å². The smallest absolute Gasteiger partial charge is 0.409 e. The summed E-state index contributed by atoms with van der Waals surface area (Å²) in [6, 6.07) is 4.18. The van der Waals surface area contributed by atoms with Gasteiger partial charge in [-0.2, -0.15) is 0 Å². The fourth-order valence-electron chi connectivity index (χ4n) is 2.24. The Kier molecular flexibility index (Phi) is 4.21. The van der Waals surface area contributed by atoms with Crippen LogP contribution in [0.1, 0.15) is 13.8 Å². The summed E-state index contributed by atoms with van der Waals surface area (Å²) in [7, 11) is 0. The van der Waals surface area contributed by atoms with E-state index in [1.165, 1.54) is 0 Å². The number of carboxylic acid groups (broad SMARTS) is 1. The maximum atomic E-state index is 10.5. The molecule has 1 aliphatic heterocycles. The van der Waals surface area contributed by atoms with Crippen LogP contribution in [0.4, 0.5) is 16.3 Å². The molecule has 1 aliphatic rings. The Morgan fingerprint density at radius 1 is 1.32 bits per heavy atom. The number of hydrogen-bond acceptors (Lipinski definition) is 4. The largest absolute Gasteiger partial charge is 0.465 e. The maximum absolute atomic E-state index is 10.5. The average molecular weight is 264 g/mol. The number of nitrogens with zero attached hydrogens (tertiary/aromatic N) is 3. The van der Waals surface area contributed by atoms with Crippen LogP contribution in [-0.2, 0) is 0 Å². The minimum Gasteiger partial charge on any atom is -0.465 e. The Hall–Kier alpha value is -1.82. The first kappa shape index (κ1) is 13.6. The number of pyridine rings is 1.